The van der Waals surface area contributed by atoms with Crippen molar-refractivity contribution in [3.05, 3.63) is 41.6 Å². The number of benzene rings is 1. The van der Waals surface area contributed by atoms with Gasteiger partial charge in [-0.3, -0.25) is 9.59 Å². The maximum absolute atomic E-state index is 13.4. The number of carbonyl (C=O) groups excluding carboxylic acids is 2. The normalized spacial score (nSPS) is 29.3. The van der Waals surface area contributed by atoms with Crippen molar-refractivity contribution in [1.82, 2.24) is 15.5 Å². The van der Waals surface area contributed by atoms with E-state index in [0.29, 0.717) is 49.4 Å². The summed E-state index contributed by atoms with van der Waals surface area (Å²) >= 11 is 0. The minimum absolute atomic E-state index is 0.00786. The van der Waals surface area contributed by atoms with Crippen molar-refractivity contribution in [3.8, 4) is 5.75 Å². The fourth-order valence-electron chi connectivity index (χ4n) is 5.80. The van der Waals surface area contributed by atoms with Crippen molar-refractivity contribution in [1.29, 1.82) is 0 Å². The lowest BCUT2D eigenvalue weighted by Crippen LogP contribution is -2.49. The molecule has 2 N–H and O–H groups in total. The van der Waals surface area contributed by atoms with Crippen LogP contribution in [0.2, 0.25) is 0 Å². The highest BCUT2D eigenvalue weighted by Gasteiger charge is 2.39. The summed E-state index contributed by atoms with van der Waals surface area (Å²) in [7, 11) is 0. The Hall–Kier alpha value is -2.48. The molecule has 2 saturated carbocycles. The van der Waals surface area contributed by atoms with Gasteiger partial charge in [0, 0.05) is 36.7 Å². The summed E-state index contributed by atoms with van der Waals surface area (Å²) in [5, 5.41) is 6.34. The van der Waals surface area contributed by atoms with Gasteiger partial charge in [0.15, 0.2) is 0 Å². The molecule has 3 atom stereocenters. The fraction of sp³-hybridized carbons (Fsp3) is 0.615. The first-order valence-corrected chi connectivity index (χ1v) is 12.5. The number of alkyl halides is 2. The minimum Gasteiger partial charge on any atom is -0.489 e. The molecule has 3 fully saturated rings. The summed E-state index contributed by atoms with van der Waals surface area (Å²) in [6, 6.07) is 5.28. The van der Waals surface area contributed by atoms with Crippen molar-refractivity contribution in [2.75, 3.05) is 6.54 Å². The molecule has 34 heavy (non-hydrogen) atoms. The molecule has 2 aliphatic carbocycles. The topological polar surface area (TPSA) is 70.7 Å². The zero-order valence-corrected chi connectivity index (χ0v) is 19.5. The van der Waals surface area contributed by atoms with E-state index in [2.05, 4.69) is 17.2 Å². The van der Waals surface area contributed by atoms with Gasteiger partial charge in [-0.05, 0) is 81.2 Å². The molecule has 5 rings (SSSR count). The van der Waals surface area contributed by atoms with E-state index < -0.39 is 12.0 Å². The second-order valence-electron chi connectivity index (χ2n) is 10.3. The Morgan fingerprint density at radius 3 is 2.71 bits per heavy atom. The zero-order chi connectivity index (χ0) is 23.9. The van der Waals surface area contributed by atoms with Gasteiger partial charge in [0.1, 0.15) is 17.9 Å². The van der Waals surface area contributed by atoms with Crippen LogP contribution in [-0.4, -0.2) is 47.4 Å². The fourth-order valence-corrected chi connectivity index (χ4v) is 5.80. The van der Waals surface area contributed by atoms with Crippen LogP contribution < -0.4 is 15.4 Å². The summed E-state index contributed by atoms with van der Waals surface area (Å²) in [5.41, 5.74) is 2.20. The number of rotatable bonds is 6. The van der Waals surface area contributed by atoms with Crippen LogP contribution in [0.25, 0.3) is 0 Å². The maximum atomic E-state index is 13.4. The van der Waals surface area contributed by atoms with E-state index in [1.165, 1.54) is 0 Å². The molecule has 1 aromatic rings. The van der Waals surface area contributed by atoms with Crippen LogP contribution in [-0.2, 0) is 11.3 Å². The Balaban J connectivity index is 1.18. The Kier molecular flexibility index (Phi) is 6.35. The highest BCUT2D eigenvalue weighted by atomic mass is 19.3. The average molecular weight is 474 g/mol. The molecular weight excluding hydrogens is 440 g/mol. The lowest BCUT2D eigenvalue weighted by Gasteiger charge is -2.31. The van der Waals surface area contributed by atoms with Gasteiger partial charge in [0.2, 0.25) is 11.8 Å². The van der Waals surface area contributed by atoms with Crippen molar-refractivity contribution >= 4 is 11.8 Å². The second kappa shape index (κ2) is 9.29. The Bertz CT molecular complexity index is 972. The van der Waals surface area contributed by atoms with Gasteiger partial charge in [-0.15, -0.1) is 0 Å². The molecule has 2 heterocycles. The van der Waals surface area contributed by atoms with Crippen LogP contribution in [0.4, 0.5) is 8.78 Å². The van der Waals surface area contributed by atoms with Crippen LogP contribution in [0.5, 0.6) is 5.75 Å². The predicted molar refractivity (Wildman–Crippen MR) is 124 cm³/mol. The first-order valence-electron chi connectivity index (χ1n) is 12.5. The molecule has 1 aromatic carbocycles. The summed E-state index contributed by atoms with van der Waals surface area (Å²) in [5.74, 6) is -1.75. The third kappa shape index (κ3) is 4.83. The highest BCUT2D eigenvalue weighted by molar-refractivity contribution is 6.01. The molecule has 0 bridgehead atoms. The number of halogens is 2. The van der Waals surface area contributed by atoms with E-state index in [-0.39, 0.29) is 36.8 Å². The van der Waals surface area contributed by atoms with E-state index >= 15 is 0 Å². The number of nitrogens with one attached hydrogen (secondary N) is 2. The van der Waals surface area contributed by atoms with Crippen LogP contribution in [0, 0.1) is 5.92 Å². The third-order valence-corrected chi connectivity index (χ3v) is 7.85. The zero-order valence-electron chi connectivity index (χ0n) is 19.5. The lowest BCUT2D eigenvalue weighted by atomic mass is 9.86. The molecule has 2 amide bonds. The van der Waals surface area contributed by atoms with Gasteiger partial charge in [-0.2, -0.15) is 0 Å². The monoisotopic (exact) mass is 473 g/mol. The van der Waals surface area contributed by atoms with E-state index in [1.807, 2.05) is 12.1 Å². The standard InChI is InChI=1S/C26H33F2N3O3/c1-16-5-8-22(24(32)30-16)31-15-18-13-19(6-7-20(18)25(31)33)34-23-4-2-3-21(23)29-14-17-9-11-26(27,28)12-10-17/h6-7,13,17,21-23,29H,1-5,8-12,14-15H2,(H,30,32)/t21-,22?,23-/m1/s1. The summed E-state index contributed by atoms with van der Waals surface area (Å²) in [4.78, 5) is 27.0. The number of nitrogens with zero attached hydrogens (tertiary/aromatic N) is 1. The summed E-state index contributed by atoms with van der Waals surface area (Å²) in [6.07, 6.45) is 5.41. The van der Waals surface area contributed by atoms with Crippen molar-refractivity contribution in [3.63, 3.8) is 0 Å². The maximum Gasteiger partial charge on any atom is 0.255 e. The van der Waals surface area contributed by atoms with Crippen LogP contribution >= 0.6 is 0 Å². The number of fused-ring (bicyclic) bond motifs is 1. The molecule has 6 nitrogen and oxygen atoms in total. The van der Waals surface area contributed by atoms with Crippen LogP contribution in [0.1, 0.15) is 73.7 Å². The van der Waals surface area contributed by atoms with Gasteiger partial charge >= 0.3 is 0 Å². The van der Waals surface area contributed by atoms with Crippen LogP contribution in [0.15, 0.2) is 30.5 Å². The van der Waals surface area contributed by atoms with E-state index in [1.54, 1.807) is 11.0 Å². The van der Waals surface area contributed by atoms with Crippen molar-refractivity contribution < 1.29 is 23.1 Å². The van der Waals surface area contributed by atoms with Crippen LogP contribution in [0.3, 0.4) is 0 Å². The minimum atomic E-state index is -2.49. The van der Waals surface area contributed by atoms with Crippen molar-refractivity contribution in [2.24, 2.45) is 5.92 Å². The smallest absolute Gasteiger partial charge is 0.255 e. The lowest BCUT2D eigenvalue weighted by molar-refractivity contribution is -0.126. The Morgan fingerprint density at radius 2 is 1.94 bits per heavy atom. The molecule has 1 saturated heterocycles. The first-order chi connectivity index (χ1) is 16.3. The van der Waals surface area contributed by atoms with Gasteiger partial charge in [-0.25, -0.2) is 8.78 Å². The summed E-state index contributed by atoms with van der Waals surface area (Å²) in [6.45, 7) is 4.96. The highest BCUT2D eigenvalue weighted by Crippen LogP contribution is 2.36. The van der Waals surface area contributed by atoms with E-state index in [0.717, 1.165) is 37.1 Å². The van der Waals surface area contributed by atoms with Gasteiger partial charge in [0.05, 0.1) is 0 Å². The number of ether oxygens (including phenoxy) is 1. The third-order valence-electron chi connectivity index (χ3n) is 7.85. The molecule has 1 unspecified atom stereocenters. The molecule has 8 heteroatoms. The summed E-state index contributed by atoms with van der Waals surface area (Å²) < 4.78 is 33.2. The van der Waals surface area contributed by atoms with Crippen molar-refractivity contribution in [2.45, 2.75) is 88.4 Å². The molecule has 0 radical (unpaired) electrons. The van der Waals surface area contributed by atoms with E-state index in [9.17, 15) is 18.4 Å². The molecular formula is C26H33F2N3O3. The quantitative estimate of drug-likeness (QED) is 0.651. The number of carbonyl (C=O) groups is 2. The first kappa shape index (κ1) is 23.3. The number of hydrogen-bond donors (Lipinski definition) is 2. The molecule has 0 aromatic heterocycles. The molecule has 2 aliphatic heterocycles. The second-order valence-corrected chi connectivity index (χ2v) is 10.3. The Labute approximate surface area is 199 Å². The molecule has 0 spiro atoms. The SMILES string of the molecule is C=C1CCC(N2Cc3cc(O[C@@H]4CCC[C@H]4NCC4CCC(F)(F)CC4)ccc3C2=O)C(=O)N1. The van der Waals surface area contributed by atoms with Gasteiger partial charge in [-0.1, -0.05) is 6.58 Å². The molecule has 184 valence electrons. The van der Waals surface area contributed by atoms with Gasteiger partial charge < -0.3 is 20.3 Å². The molecule has 4 aliphatic rings. The average Bonchev–Trinajstić information content (AvgIpc) is 3.37. The van der Waals surface area contributed by atoms with E-state index in [4.69, 9.17) is 4.74 Å². The number of allylic oxidation sites excluding steroid dienone is 1. The number of piperidine rings is 1. The Morgan fingerprint density at radius 1 is 1.15 bits per heavy atom. The largest absolute Gasteiger partial charge is 0.489 e. The number of amides is 2. The van der Waals surface area contributed by atoms with Gasteiger partial charge in [0.25, 0.3) is 5.91 Å². The number of hydrogen-bond acceptors (Lipinski definition) is 4. The predicted octanol–water partition coefficient (Wildman–Crippen LogP) is 4.15.